The molecule has 0 aliphatic carbocycles. The van der Waals surface area contributed by atoms with Gasteiger partial charge in [-0.1, -0.05) is 4.49 Å². The van der Waals surface area contributed by atoms with Gasteiger partial charge in [-0.05, 0) is 31.4 Å². The van der Waals surface area contributed by atoms with Crippen LogP contribution in [0, 0.1) is 18.3 Å². The first kappa shape index (κ1) is 19.7. The number of rotatable bonds is 6. The van der Waals surface area contributed by atoms with Crippen LogP contribution in [0.15, 0.2) is 0 Å². The SMILES string of the molecule is Cc1nnsc1C(=O)N1C[C@H]2COC[C@@]2(C(=O)NCCCN2CCOCC2)C1. The van der Waals surface area contributed by atoms with Crippen molar-refractivity contribution >= 4 is 23.3 Å². The molecule has 28 heavy (non-hydrogen) atoms. The van der Waals surface area contributed by atoms with Gasteiger partial charge in [0.1, 0.15) is 4.88 Å². The minimum absolute atomic E-state index is 0.00595. The Bertz CT molecular complexity index is 723. The maximum absolute atomic E-state index is 13.0. The topological polar surface area (TPSA) is 96.9 Å². The van der Waals surface area contributed by atoms with Crippen molar-refractivity contribution in [1.82, 2.24) is 24.7 Å². The van der Waals surface area contributed by atoms with Gasteiger partial charge in [0, 0.05) is 38.6 Å². The zero-order chi connectivity index (χ0) is 19.6. The lowest BCUT2D eigenvalue weighted by atomic mass is 9.80. The van der Waals surface area contributed by atoms with Gasteiger partial charge < -0.3 is 19.7 Å². The monoisotopic (exact) mass is 409 g/mol. The summed E-state index contributed by atoms with van der Waals surface area (Å²) in [5, 5.41) is 7.02. The van der Waals surface area contributed by atoms with E-state index in [9.17, 15) is 9.59 Å². The van der Waals surface area contributed by atoms with Crippen molar-refractivity contribution < 1.29 is 19.1 Å². The second-order valence-electron chi connectivity index (χ2n) is 7.80. The van der Waals surface area contributed by atoms with Crippen LogP contribution >= 0.6 is 11.5 Å². The molecule has 2 atom stereocenters. The third-order valence-electron chi connectivity index (χ3n) is 6.00. The largest absolute Gasteiger partial charge is 0.380 e. The van der Waals surface area contributed by atoms with Gasteiger partial charge in [0.2, 0.25) is 5.91 Å². The van der Waals surface area contributed by atoms with Crippen molar-refractivity contribution in [2.45, 2.75) is 13.3 Å². The summed E-state index contributed by atoms with van der Waals surface area (Å²) in [4.78, 5) is 30.5. The summed E-state index contributed by atoms with van der Waals surface area (Å²) < 4.78 is 14.8. The number of nitrogens with one attached hydrogen (secondary N) is 1. The normalized spacial score (nSPS) is 27.8. The van der Waals surface area contributed by atoms with Crippen LogP contribution < -0.4 is 5.32 Å². The molecule has 0 unspecified atom stereocenters. The van der Waals surface area contributed by atoms with Crippen LogP contribution in [0.25, 0.3) is 0 Å². The molecule has 0 aromatic carbocycles. The van der Waals surface area contributed by atoms with Crippen LogP contribution in [0.5, 0.6) is 0 Å². The number of carbonyl (C=O) groups excluding carboxylic acids is 2. The van der Waals surface area contributed by atoms with Gasteiger partial charge in [-0.25, -0.2) is 0 Å². The van der Waals surface area contributed by atoms with E-state index in [0.29, 0.717) is 43.4 Å². The Morgan fingerprint density at radius 1 is 1.32 bits per heavy atom. The van der Waals surface area contributed by atoms with Crippen LogP contribution in [0.3, 0.4) is 0 Å². The van der Waals surface area contributed by atoms with Crippen molar-refractivity contribution in [2.24, 2.45) is 11.3 Å². The van der Waals surface area contributed by atoms with E-state index in [1.807, 2.05) is 0 Å². The van der Waals surface area contributed by atoms with E-state index in [2.05, 4.69) is 19.8 Å². The highest BCUT2D eigenvalue weighted by molar-refractivity contribution is 7.07. The first-order valence-electron chi connectivity index (χ1n) is 9.84. The van der Waals surface area contributed by atoms with Gasteiger partial charge in [0.15, 0.2) is 0 Å². The Balaban J connectivity index is 1.32. The predicted octanol–water partition coefficient (Wildman–Crippen LogP) is -0.226. The minimum Gasteiger partial charge on any atom is -0.380 e. The van der Waals surface area contributed by atoms with Gasteiger partial charge in [0.25, 0.3) is 5.91 Å². The number of morpholine rings is 1. The molecule has 3 fully saturated rings. The number of hydrogen-bond acceptors (Lipinski definition) is 8. The summed E-state index contributed by atoms with van der Waals surface area (Å²) in [6, 6.07) is 0. The number of amides is 2. The van der Waals surface area contributed by atoms with E-state index in [1.54, 1.807) is 11.8 Å². The van der Waals surface area contributed by atoms with E-state index in [4.69, 9.17) is 9.47 Å². The number of aryl methyl sites for hydroxylation is 1. The van der Waals surface area contributed by atoms with Gasteiger partial charge >= 0.3 is 0 Å². The molecule has 3 aliphatic heterocycles. The minimum atomic E-state index is -0.638. The van der Waals surface area contributed by atoms with Crippen molar-refractivity contribution in [3.63, 3.8) is 0 Å². The highest BCUT2D eigenvalue weighted by Crippen LogP contribution is 2.42. The Morgan fingerprint density at radius 3 is 2.89 bits per heavy atom. The van der Waals surface area contributed by atoms with Gasteiger partial charge in [0.05, 0.1) is 37.5 Å². The lowest BCUT2D eigenvalue weighted by Crippen LogP contribution is -2.47. The highest BCUT2D eigenvalue weighted by atomic mass is 32.1. The molecule has 4 heterocycles. The van der Waals surface area contributed by atoms with E-state index in [0.717, 1.165) is 50.8 Å². The molecule has 2 amide bonds. The van der Waals surface area contributed by atoms with E-state index in [-0.39, 0.29) is 17.7 Å². The fourth-order valence-electron chi connectivity index (χ4n) is 4.29. The zero-order valence-corrected chi connectivity index (χ0v) is 17.0. The molecule has 4 rings (SSSR count). The van der Waals surface area contributed by atoms with Crippen LogP contribution in [-0.2, 0) is 14.3 Å². The fourth-order valence-corrected chi connectivity index (χ4v) is 4.91. The molecule has 10 heteroatoms. The first-order valence-corrected chi connectivity index (χ1v) is 10.6. The Labute approximate surface area is 168 Å². The maximum atomic E-state index is 13.0. The van der Waals surface area contributed by atoms with E-state index >= 15 is 0 Å². The summed E-state index contributed by atoms with van der Waals surface area (Å²) >= 11 is 1.11. The standard InChI is InChI=1S/C18H27N5O4S/c1-13-15(28-21-20-13)16(24)23-9-14-10-27-12-18(14,11-23)17(25)19-3-2-4-22-5-7-26-8-6-22/h14H,2-12H2,1H3,(H,19,25)/t14-,18-/m0/s1. The number of hydrogen-bond donors (Lipinski definition) is 1. The lowest BCUT2D eigenvalue weighted by molar-refractivity contribution is -0.131. The van der Waals surface area contributed by atoms with E-state index < -0.39 is 5.41 Å². The maximum Gasteiger partial charge on any atom is 0.267 e. The summed E-state index contributed by atoms with van der Waals surface area (Å²) in [7, 11) is 0. The van der Waals surface area contributed by atoms with Crippen molar-refractivity contribution in [1.29, 1.82) is 0 Å². The molecule has 0 radical (unpaired) electrons. The number of fused-ring (bicyclic) bond motifs is 1. The predicted molar refractivity (Wildman–Crippen MR) is 102 cm³/mol. The number of ether oxygens (including phenoxy) is 2. The molecule has 1 N–H and O–H groups in total. The molecule has 3 saturated heterocycles. The van der Waals surface area contributed by atoms with Gasteiger partial charge in [-0.2, -0.15) is 0 Å². The molecule has 1 aromatic rings. The average molecular weight is 410 g/mol. The molecule has 9 nitrogen and oxygen atoms in total. The summed E-state index contributed by atoms with van der Waals surface area (Å²) in [5.41, 5.74) is 0.00520. The van der Waals surface area contributed by atoms with Crippen molar-refractivity contribution in [3.05, 3.63) is 10.6 Å². The van der Waals surface area contributed by atoms with Crippen LogP contribution in [-0.4, -0.2) is 96.9 Å². The third kappa shape index (κ3) is 3.78. The van der Waals surface area contributed by atoms with Crippen molar-refractivity contribution in [2.75, 3.05) is 65.7 Å². The molecule has 0 spiro atoms. The average Bonchev–Trinajstić information content (AvgIpc) is 3.39. The molecular weight excluding hydrogens is 382 g/mol. The Kier molecular flexibility index (Phi) is 5.91. The molecule has 0 saturated carbocycles. The third-order valence-corrected chi connectivity index (χ3v) is 6.82. The number of carbonyl (C=O) groups is 2. The second kappa shape index (κ2) is 8.40. The first-order chi connectivity index (χ1) is 13.6. The smallest absolute Gasteiger partial charge is 0.267 e. The zero-order valence-electron chi connectivity index (χ0n) is 16.2. The number of aromatic nitrogens is 2. The highest BCUT2D eigenvalue weighted by Gasteiger charge is 2.56. The summed E-state index contributed by atoms with van der Waals surface area (Å²) in [6.45, 7) is 8.68. The van der Waals surface area contributed by atoms with Crippen molar-refractivity contribution in [3.8, 4) is 0 Å². The van der Waals surface area contributed by atoms with Crippen LogP contribution in [0.1, 0.15) is 21.8 Å². The molecule has 154 valence electrons. The molecule has 0 bridgehead atoms. The fraction of sp³-hybridized carbons (Fsp3) is 0.778. The summed E-state index contributed by atoms with van der Waals surface area (Å²) in [5.74, 6) is -0.0373. The van der Waals surface area contributed by atoms with Gasteiger partial charge in [-0.15, -0.1) is 5.10 Å². The second-order valence-corrected chi connectivity index (χ2v) is 8.56. The lowest BCUT2D eigenvalue weighted by Gasteiger charge is -2.28. The quantitative estimate of drug-likeness (QED) is 0.649. The summed E-state index contributed by atoms with van der Waals surface area (Å²) in [6.07, 6.45) is 0.904. The molecule has 1 aromatic heterocycles. The molecule has 3 aliphatic rings. The Hall–Kier alpha value is -1.62. The van der Waals surface area contributed by atoms with Gasteiger partial charge in [-0.3, -0.25) is 14.5 Å². The molecular formula is C18H27N5O4S. The number of likely N-dealkylation sites (tertiary alicyclic amines) is 1. The van der Waals surface area contributed by atoms with Crippen LogP contribution in [0.4, 0.5) is 0 Å². The number of nitrogens with zero attached hydrogens (tertiary/aromatic N) is 4. The van der Waals surface area contributed by atoms with E-state index in [1.165, 1.54) is 0 Å². The van der Waals surface area contributed by atoms with Crippen LogP contribution in [0.2, 0.25) is 0 Å². The Morgan fingerprint density at radius 2 is 2.14 bits per heavy atom.